The van der Waals surface area contributed by atoms with Crippen LogP contribution in [0.4, 0.5) is 0 Å². The molecule has 0 spiro atoms. The Morgan fingerprint density at radius 2 is 1.64 bits per heavy atom. The van der Waals surface area contributed by atoms with E-state index in [1.807, 2.05) is 36.4 Å². The van der Waals surface area contributed by atoms with Crippen molar-refractivity contribution in [2.24, 2.45) is 5.73 Å². The number of hydrogen-bond donors (Lipinski definition) is 1. The van der Waals surface area contributed by atoms with E-state index in [1.54, 1.807) is 0 Å². The number of esters is 1. The lowest BCUT2D eigenvalue weighted by molar-refractivity contribution is -0.146. The number of aryl methyl sites for hydroxylation is 1. The van der Waals surface area contributed by atoms with E-state index in [9.17, 15) is 4.79 Å². The third-order valence-corrected chi connectivity index (χ3v) is 4.04. The van der Waals surface area contributed by atoms with Gasteiger partial charge in [-0.1, -0.05) is 72.3 Å². The molecule has 0 aliphatic carbocycles. The first-order valence-electron chi connectivity index (χ1n) is 8.07. The SMILES string of the molecule is Cc1ccc2cc(C[C@H](N)C(=O)OCc3ccccc3)ccc2c1.Cl. The van der Waals surface area contributed by atoms with Crippen molar-refractivity contribution >= 4 is 29.1 Å². The number of benzene rings is 3. The molecule has 130 valence electrons. The average Bonchev–Trinajstić information content (AvgIpc) is 2.60. The number of ether oxygens (including phenoxy) is 1. The fourth-order valence-electron chi connectivity index (χ4n) is 2.71. The molecule has 1 atom stereocenters. The number of nitrogens with two attached hydrogens (primary N) is 1. The van der Waals surface area contributed by atoms with Gasteiger partial charge in [0.25, 0.3) is 0 Å². The van der Waals surface area contributed by atoms with Gasteiger partial charge < -0.3 is 10.5 Å². The highest BCUT2D eigenvalue weighted by Crippen LogP contribution is 2.18. The van der Waals surface area contributed by atoms with Crippen LogP contribution in [0.25, 0.3) is 10.8 Å². The van der Waals surface area contributed by atoms with Crippen molar-refractivity contribution in [2.45, 2.75) is 26.0 Å². The lowest BCUT2D eigenvalue weighted by Gasteiger charge is -2.12. The first kappa shape index (κ1) is 19.0. The summed E-state index contributed by atoms with van der Waals surface area (Å²) in [6.07, 6.45) is 0.470. The molecular weight excluding hydrogens is 334 g/mol. The summed E-state index contributed by atoms with van der Waals surface area (Å²) < 4.78 is 5.30. The molecule has 0 heterocycles. The summed E-state index contributed by atoms with van der Waals surface area (Å²) >= 11 is 0. The molecule has 0 aliphatic rings. The van der Waals surface area contributed by atoms with Crippen LogP contribution < -0.4 is 5.73 Å². The van der Waals surface area contributed by atoms with E-state index < -0.39 is 6.04 Å². The van der Waals surface area contributed by atoms with E-state index in [1.165, 1.54) is 10.9 Å². The van der Waals surface area contributed by atoms with E-state index >= 15 is 0 Å². The molecule has 3 nitrogen and oxygen atoms in total. The number of halogens is 1. The highest BCUT2D eigenvalue weighted by molar-refractivity contribution is 5.85. The van der Waals surface area contributed by atoms with Gasteiger partial charge in [0.05, 0.1) is 0 Å². The minimum absolute atomic E-state index is 0. The van der Waals surface area contributed by atoms with Crippen molar-refractivity contribution in [2.75, 3.05) is 0 Å². The van der Waals surface area contributed by atoms with Crippen molar-refractivity contribution in [3.63, 3.8) is 0 Å². The standard InChI is InChI=1S/C21H21NO2.ClH/c1-15-7-9-19-12-17(8-10-18(19)11-15)13-20(22)21(23)24-14-16-5-3-2-4-6-16;/h2-12,20H,13-14,22H2,1H3;1H/t20-;/m0./s1. The van der Waals surface area contributed by atoms with Gasteiger partial charge in [-0.2, -0.15) is 0 Å². The van der Waals surface area contributed by atoms with Gasteiger partial charge in [-0.15, -0.1) is 12.4 Å². The fourth-order valence-corrected chi connectivity index (χ4v) is 2.71. The maximum Gasteiger partial charge on any atom is 0.323 e. The fraction of sp³-hybridized carbons (Fsp3) is 0.190. The number of carbonyl (C=O) groups excluding carboxylic acids is 1. The number of rotatable bonds is 5. The maximum atomic E-state index is 12.1. The zero-order valence-corrected chi connectivity index (χ0v) is 15.0. The minimum atomic E-state index is -0.656. The van der Waals surface area contributed by atoms with Crippen molar-refractivity contribution in [3.05, 3.63) is 83.4 Å². The molecule has 3 aromatic rings. The normalized spacial score (nSPS) is 11.6. The van der Waals surface area contributed by atoms with Gasteiger partial charge in [-0.3, -0.25) is 4.79 Å². The van der Waals surface area contributed by atoms with Gasteiger partial charge in [0.2, 0.25) is 0 Å². The van der Waals surface area contributed by atoms with Crippen molar-refractivity contribution < 1.29 is 9.53 Å². The lowest BCUT2D eigenvalue weighted by atomic mass is 10.0. The topological polar surface area (TPSA) is 52.3 Å². The van der Waals surface area contributed by atoms with Crippen molar-refractivity contribution in [1.82, 2.24) is 0 Å². The third-order valence-electron chi connectivity index (χ3n) is 4.04. The van der Waals surface area contributed by atoms with Crippen LogP contribution in [0.3, 0.4) is 0 Å². The number of hydrogen-bond acceptors (Lipinski definition) is 3. The van der Waals surface area contributed by atoms with Crippen LogP contribution >= 0.6 is 12.4 Å². The van der Waals surface area contributed by atoms with Crippen LogP contribution in [-0.2, 0) is 22.6 Å². The average molecular weight is 356 g/mol. The zero-order valence-electron chi connectivity index (χ0n) is 14.1. The third kappa shape index (κ3) is 5.05. The molecule has 2 N–H and O–H groups in total. The Labute approximate surface area is 154 Å². The highest BCUT2D eigenvalue weighted by atomic mass is 35.5. The van der Waals surface area contributed by atoms with Gasteiger partial charge in [0.1, 0.15) is 12.6 Å². The molecule has 0 fully saturated rings. The summed E-state index contributed by atoms with van der Waals surface area (Å²) in [7, 11) is 0. The number of carbonyl (C=O) groups is 1. The lowest BCUT2D eigenvalue weighted by Crippen LogP contribution is -2.34. The summed E-state index contributed by atoms with van der Waals surface area (Å²) in [6.45, 7) is 2.33. The first-order chi connectivity index (χ1) is 11.6. The van der Waals surface area contributed by atoms with Crippen LogP contribution in [0.5, 0.6) is 0 Å². The highest BCUT2D eigenvalue weighted by Gasteiger charge is 2.16. The van der Waals surface area contributed by atoms with Crippen LogP contribution in [0.15, 0.2) is 66.7 Å². The Hall–Kier alpha value is -2.36. The van der Waals surface area contributed by atoms with Gasteiger partial charge >= 0.3 is 5.97 Å². The predicted octanol–water partition coefficient (Wildman–Crippen LogP) is 4.18. The molecule has 0 bridgehead atoms. The van der Waals surface area contributed by atoms with Gasteiger partial charge in [-0.05, 0) is 35.2 Å². The molecule has 25 heavy (non-hydrogen) atoms. The molecule has 3 aromatic carbocycles. The largest absolute Gasteiger partial charge is 0.460 e. The zero-order chi connectivity index (χ0) is 16.9. The summed E-state index contributed by atoms with van der Waals surface area (Å²) in [4.78, 5) is 12.1. The first-order valence-corrected chi connectivity index (χ1v) is 8.07. The summed E-state index contributed by atoms with van der Waals surface area (Å²) in [5.41, 5.74) is 9.23. The predicted molar refractivity (Wildman–Crippen MR) is 104 cm³/mol. The van der Waals surface area contributed by atoms with E-state index in [0.717, 1.165) is 16.5 Å². The molecule has 0 aliphatic heterocycles. The molecule has 4 heteroatoms. The van der Waals surface area contributed by atoms with Crippen LogP contribution in [-0.4, -0.2) is 12.0 Å². The summed E-state index contributed by atoms with van der Waals surface area (Å²) in [6, 6.07) is 21.4. The minimum Gasteiger partial charge on any atom is -0.460 e. The second kappa shape index (κ2) is 8.65. The van der Waals surface area contributed by atoms with Gasteiger partial charge in [0.15, 0.2) is 0 Å². The van der Waals surface area contributed by atoms with Gasteiger partial charge in [-0.25, -0.2) is 0 Å². The van der Waals surface area contributed by atoms with Crippen molar-refractivity contribution in [3.8, 4) is 0 Å². The molecule has 0 aromatic heterocycles. The summed E-state index contributed by atoms with van der Waals surface area (Å²) in [5, 5.41) is 2.35. The van der Waals surface area contributed by atoms with E-state index in [2.05, 4.69) is 37.3 Å². The van der Waals surface area contributed by atoms with Crippen LogP contribution in [0.2, 0.25) is 0 Å². The Bertz CT molecular complexity index is 849. The van der Waals surface area contributed by atoms with Gasteiger partial charge in [0, 0.05) is 0 Å². The van der Waals surface area contributed by atoms with E-state index in [4.69, 9.17) is 10.5 Å². The summed E-state index contributed by atoms with van der Waals surface area (Å²) in [5.74, 6) is -0.372. The Balaban J connectivity index is 0.00000225. The monoisotopic (exact) mass is 355 g/mol. The second-order valence-corrected chi connectivity index (χ2v) is 6.09. The molecule has 0 amide bonds. The van der Waals surface area contributed by atoms with Crippen molar-refractivity contribution in [1.29, 1.82) is 0 Å². The maximum absolute atomic E-state index is 12.1. The molecule has 0 radical (unpaired) electrons. The van der Waals surface area contributed by atoms with E-state index in [-0.39, 0.29) is 25.0 Å². The quantitative estimate of drug-likeness (QED) is 0.698. The smallest absolute Gasteiger partial charge is 0.323 e. The van der Waals surface area contributed by atoms with Crippen LogP contribution in [0, 0.1) is 6.92 Å². The molecule has 3 rings (SSSR count). The Morgan fingerprint density at radius 1 is 0.960 bits per heavy atom. The number of fused-ring (bicyclic) bond motifs is 1. The molecule has 0 saturated carbocycles. The van der Waals surface area contributed by atoms with E-state index in [0.29, 0.717) is 6.42 Å². The molecule has 0 saturated heterocycles. The second-order valence-electron chi connectivity index (χ2n) is 6.09. The Kier molecular flexibility index (Phi) is 6.57. The molecule has 0 unspecified atom stereocenters. The Morgan fingerprint density at radius 3 is 2.40 bits per heavy atom. The molecular formula is C21H22ClNO2. The van der Waals surface area contributed by atoms with Crippen LogP contribution in [0.1, 0.15) is 16.7 Å².